The van der Waals surface area contributed by atoms with Crippen molar-refractivity contribution in [1.82, 2.24) is 10.3 Å². The quantitative estimate of drug-likeness (QED) is 0.768. The highest BCUT2D eigenvalue weighted by Gasteiger charge is 2.24. The summed E-state index contributed by atoms with van der Waals surface area (Å²) in [6.45, 7) is 8.58. The van der Waals surface area contributed by atoms with E-state index in [1.807, 2.05) is 6.07 Å². The van der Waals surface area contributed by atoms with Crippen LogP contribution < -0.4 is 10.6 Å². The number of benzene rings is 1. The fraction of sp³-hybridized carbons (Fsp3) is 0.550. The van der Waals surface area contributed by atoms with Crippen molar-refractivity contribution >= 4 is 22.5 Å². The highest BCUT2D eigenvalue weighted by molar-refractivity contribution is 5.99. The largest absolute Gasteiger partial charge is 0.383 e. The standard InChI is InChI=1S/C20H29N3O/c1-12(2)21-15-9-14(4)16-11-19(22-18(16)10-15)20(24)23-17-8-6-5-7-13(17)3/h9-13,17,21-22H,5-8H2,1-4H3,(H,23,24)/t13-,17+/m0/s1. The molecule has 1 saturated carbocycles. The molecule has 1 fully saturated rings. The molecule has 0 radical (unpaired) electrons. The molecule has 4 nitrogen and oxygen atoms in total. The molecule has 1 aromatic carbocycles. The first-order valence-electron chi connectivity index (χ1n) is 9.15. The Morgan fingerprint density at radius 1 is 1.21 bits per heavy atom. The van der Waals surface area contributed by atoms with Gasteiger partial charge in [-0.2, -0.15) is 0 Å². The molecule has 3 rings (SSSR count). The Labute approximate surface area is 144 Å². The highest BCUT2D eigenvalue weighted by Crippen LogP contribution is 2.26. The van der Waals surface area contributed by atoms with Crippen LogP contribution >= 0.6 is 0 Å². The molecule has 0 bridgehead atoms. The molecule has 1 aromatic heterocycles. The molecule has 1 heterocycles. The lowest BCUT2D eigenvalue weighted by Crippen LogP contribution is -2.41. The Kier molecular flexibility index (Phi) is 4.83. The van der Waals surface area contributed by atoms with Crippen molar-refractivity contribution in [2.75, 3.05) is 5.32 Å². The number of carbonyl (C=O) groups excluding carboxylic acids is 1. The van der Waals surface area contributed by atoms with Crippen molar-refractivity contribution in [3.63, 3.8) is 0 Å². The van der Waals surface area contributed by atoms with E-state index in [1.165, 1.54) is 24.8 Å². The molecule has 1 amide bonds. The van der Waals surface area contributed by atoms with Crippen LogP contribution in [0, 0.1) is 12.8 Å². The van der Waals surface area contributed by atoms with Gasteiger partial charge in [0.15, 0.2) is 0 Å². The molecule has 1 aliphatic carbocycles. The number of hydrogen-bond donors (Lipinski definition) is 3. The molecule has 24 heavy (non-hydrogen) atoms. The van der Waals surface area contributed by atoms with Crippen molar-refractivity contribution < 1.29 is 4.79 Å². The SMILES string of the molecule is Cc1cc(NC(C)C)cc2[nH]c(C(=O)N[C@@H]3CCCC[C@@H]3C)cc12. The summed E-state index contributed by atoms with van der Waals surface area (Å²) in [5.41, 5.74) is 3.94. The van der Waals surface area contributed by atoms with Crippen LogP contribution in [0.4, 0.5) is 5.69 Å². The zero-order valence-corrected chi connectivity index (χ0v) is 15.2. The summed E-state index contributed by atoms with van der Waals surface area (Å²) in [5.74, 6) is 0.582. The number of rotatable bonds is 4. The predicted octanol–water partition coefficient (Wildman–Crippen LogP) is 4.61. The predicted molar refractivity (Wildman–Crippen MR) is 101 cm³/mol. The fourth-order valence-corrected chi connectivity index (χ4v) is 3.73. The Morgan fingerprint density at radius 3 is 2.67 bits per heavy atom. The van der Waals surface area contributed by atoms with Crippen LogP contribution in [0.3, 0.4) is 0 Å². The number of aromatic amines is 1. The van der Waals surface area contributed by atoms with Gasteiger partial charge in [0, 0.05) is 28.7 Å². The Hall–Kier alpha value is -1.97. The van der Waals surface area contributed by atoms with Crippen LogP contribution in [-0.2, 0) is 0 Å². The second-order valence-corrected chi connectivity index (χ2v) is 7.58. The fourth-order valence-electron chi connectivity index (χ4n) is 3.73. The van der Waals surface area contributed by atoms with Crippen molar-refractivity contribution in [2.24, 2.45) is 5.92 Å². The summed E-state index contributed by atoms with van der Waals surface area (Å²) in [6, 6.07) is 6.89. The lowest BCUT2D eigenvalue weighted by molar-refractivity contribution is 0.0906. The first-order chi connectivity index (χ1) is 11.4. The second-order valence-electron chi connectivity index (χ2n) is 7.58. The third-order valence-corrected chi connectivity index (χ3v) is 5.07. The van der Waals surface area contributed by atoms with Crippen LogP contribution in [0.1, 0.15) is 62.5 Å². The van der Waals surface area contributed by atoms with E-state index in [9.17, 15) is 4.79 Å². The van der Waals surface area contributed by atoms with Gasteiger partial charge in [0.05, 0.1) is 0 Å². The zero-order valence-electron chi connectivity index (χ0n) is 15.2. The van der Waals surface area contributed by atoms with Crippen LogP contribution in [0.25, 0.3) is 10.9 Å². The summed E-state index contributed by atoms with van der Waals surface area (Å²) in [6.07, 6.45) is 4.80. The summed E-state index contributed by atoms with van der Waals surface area (Å²) in [4.78, 5) is 15.9. The van der Waals surface area contributed by atoms with Crippen molar-refractivity contribution in [3.8, 4) is 0 Å². The summed E-state index contributed by atoms with van der Waals surface area (Å²) in [7, 11) is 0. The van der Waals surface area contributed by atoms with Crippen LogP contribution in [0.5, 0.6) is 0 Å². The molecule has 3 N–H and O–H groups in total. The second kappa shape index (κ2) is 6.88. The maximum Gasteiger partial charge on any atom is 0.267 e. The van der Waals surface area contributed by atoms with Crippen molar-refractivity contribution in [2.45, 2.75) is 65.5 Å². The minimum Gasteiger partial charge on any atom is -0.383 e. The van der Waals surface area contributed by atoms with E-state index >= 15 is 0 Å². The average molecular weight is 327 g/mol. The van der Waals surface area contributed by atoms with E-state index in [2.05, 4.69) is 55.4 Å². The maximum absolute atomic E-state index is 12.6. The van der Waals surface area contributed by atoms with Gasteiger partial charge in [-0.1, -0.05) is 19.8 Å². The number of nitrogens with one attached hydrogen (secondary N) is 3. The molecule has 130 valence electrons. The Bertz CT molecular complexity index is 732. The normalized spacial score (nSPS) is 21.2. The van der Waals surface area contributed by atoms with Gasteiger partial charge < -0.3 is 15.6 Å². The number of anilines is 1. The molecule has 2 atom stereocenters. The zero-order chi connectivity index (χ0) is 17.3. The van der Waals surface area contributed by atoms with Gasteiger partial charge in [-0.25, -0.2) is 0 Å². The number of hydrogen-bond acceptors (Lipinski definition) is 2. The monoisotopic (exact) mass is 327 g/mol. The third-order valence-electron chi connectivity index (χ3n) is 5.07. The van der Waals surface area contributed by atoms with E-state index in [0.717, 1.165) is 23.0 Å². The van der Waals surface area contributed by atoms with Crippen LogP contribution in [0.2, 0.25) is 0 Å². The summed E-state index contributed by atoms with van der Waals surface area (Å²) < 4.78 is 0. The average Bonchev–Trinajstić information content (AvgIpc) is 2.93. The highest BCUT2D eigenvalue weighted by atomic mass is 16.1. The van der Waals surface area contributed by atoms with E-state index < -0.39 is 0 Å². The number of fused-ring (bicyclic) bond motifs is 1. The van der Waals surface area contributed by atoms with E-state index in [4.69, 9.17) is 0 Å². The Morgan fingerprint density at radius 2 is 1.96 bits per heavy atom. The minimum absolute atomic E-state index is 0.0164. The van der Waals surface area contributed by atoms with E-state index in [1.54, 1.807) is 0 Å². The number of aromatic nitrogens is 1. The van der Waals surface area contributed by atoms with Crippen LogP contribution in [-0.4, -0.2) is 23.0 Å². The molecular weight excluding hydrogens is 298 g/mol. The first kappa shape index (κ1) is 16.9. The number of aryl methyl sites for hydroxylation is 1. The van der Waals surface area contributed by atoms with Gasteiger partial charge >= 0.3 is 0 Å². The Balaban J connectivity index is 1.81. The first-order valence-corrected chi connectivity index (χ1v) is 9.15. The summed E-state index contributed by atoms with van der Waals surface area (Å²) in [5, 5.41) is 7.77. The molecule has 0 spiro atoms. The number of amides is 1. The molecule has 0 aliphatic heterocycles. The van der Waals surface area contributed by atoms with Crippen molar-refractivity contribution in [3.05, 3.63) is 29.5 Å². The van der Waals surface area contributed by atoms with Gasteiger partial charge in [0.1, 0.15) is 5.69 Å². The maximum atomic E-state index is 12.6. The third kappa shape index (κ3) is 3.58. The molecule has 0 saturated heterocycles. The minimum atomic E-state index is 0.0164. The van der Waals surface area contributed by atoms with Gasteiger partial charge in [0.2, 0.25) is 0 Å². The van der Waals surface area contributed by atoms with E-state index in [-0.39, 0.29) is 5.91 Å². The van der Waals surface area contributed by atoms with Crippen molar-refractivity contribution in [1.29, 1.82) is 0 Å². The molecular formula is C20H29N3O. The number of H-pyrrole nitrogens is 1. The molecule has 2 aromatic rings. The van der Waals surface area contributed by atoms with Gasteiger partial charge in [0.25, 0.3) is 5.91 Å². The lowest BCUT2D eigenvalue weighted by atomic mass is 9.86. The van der Waals surface area contributed by atoms with Crippen LogP contribution in [0.15, 0.2) is 18.2 Å². The topological polar surface area (TPSA) is 56.9 Å². The van der Waals surface area contributed by atoms with E-state index in [0.29, 0.717) is 23.7 Å². The summed E-state index contributed by atoms with van der Waals surface area (Å²) >= 11 is 0. The van der Waals surface area contributed by atoms with Gasteiger partial charge in [-0.05, 0) is 63.3 Å². The molecule has 4 heteroatoms. The molecule has 0 unspecified atom stereocenters. The van der Waals surface area contributed by atoms with Gasteiger partial charge in [-0.3, -0.25) is 4.79 Å². The lowest BCUT2D eigenvalue weighted by Gasteiger charge is -2.29. The van der Waals surface area contributed by atoms with Gasteiger partial charge in [-0.15, -0.1) is 0 Å². The smallest absolute Gasteiger partial charge is 0.267 e. The molecule has 1 aliphatic rings. The number of carbonyl (C=O) groups is 1.